The van der Waals surface area contributed by atoms with Crippen molar-refractivity contribution >= 4 is 16.7 Å². The summed E-state index contributed by atoms with van der Waals surface area (Å²) in [5, 5.41) is 2.73. The summed E-state index contributed by atoms with van der Waals surface area (Å²) in [5.74, 6) is 1.54. The fourth-order valence-corrected chi connectivity index (χ4v) is 8.28. The number of hydrogen-bond donors (Lipinski definition) is 0. The Kier molecular flexibility index (Phi) is 5.79. The molecule has 9 rings (SSSR count). The molecule has 1 aliphatic heterocycles. The first-order valence-electron chi connectivity index (χ1n) is 15.9. The average molecular weight is 555 g/mol. The van der Waals surface area contributed by atoms with Crippen LogP contribution in [-0.2, 0) is 0 Å². The number of hydrogen-bond acceptors (Lipinski definition) is 1. The SMILES string of the molecule is C1=CCC2C(=C1)C(C1=C3CCC=CC3=CC3Oc4ccccc4C13)=c1ccccc1=C2c1cccc(C2=CCCC=C2)c1. The van der Waals surface area contributed by atoms with Crippen molar-refractivity contribution < 1.29 is 4.74 Å². The van der Waals surface area contributed by atoms with Crippen LogP contribution in [0.2, 0.25) is 0 Å². The van der Waals surface area contributed by atoms with Gasteiger partial charge < -0.3 is 4.74 Å². The van der Waals surface area contributed by atoms with Crippen molar-refractivity contribution in [3.63, 3.8) is 0 Å². The van der Waals surface area contributed by atoms with Crippen LogP contribution in [0.15, 0.2) is 150 Å². The molecule has 208 valence electrons. The minimum atomic E-state index is 0.0191. The van der Waals surface area contributed by atoms with Gasteiger partial charge in [0.1, 0.15) is 11.9 Å². The van der Waals surface area contributed by atoms with Crippen molar-refractivity contribution in [3.05, 3.63) is 177 Å². The molecule has 0 aromatic heterocycles. The van der Waals surface area contributed by atoms with Crippen molar-refractivity contribution in [2.75, 3.05) is 0 Å². The van der Waals surface area contributed by atoms with Crippen LogP contribution in [0, 0.1) is 5.92 Å². The highest BCUT2D eigenvalue weighted by Gasteiger charge is 2.43. The maximum atomic E-state index is 6.66. The van der Waals surface area contributed by atoms with Crippen molar-refractivity contribution in [2.45, 2.75) is 44.1 Å². The maximum Gasteiger partial charge on any atom is 0.129 e. The molecule has 3 atom stereocenters. The van der Waals surface area contributed by atoms with Crippen molar-refractivity contribution in [2.24, 2.45) is 5.92 Å². The van der Waals surface area contributed by atoms with E-state index in [4.69, 9.17) is 4.74 Å². The van der Waals surface area contributed by atoms with Crippen LogP contribution >= 0.6 is 0 Å². The van der Waals surface area contributed by atoms with Gasteiger partial charge in [0.25, 0.3) is 0 Å². The second-order valence-electron chi connectivity index (χ2n) is 12.4. The standard InChI is InChI=1S/C42H34O/c1-2-13-27(14-3-1)28-16-12-17-30(25-28)39-32-19-6-8-21-34(32)40(35-22-9-7-20-33(35)39)42-31-18-5-4-15-29(31)26-38-41(42)36-23-10-11-24-37(36)43-38/h2,4,6-17,19,21-26,33,38,41H,1,3,5,18,20H2. The van der Waals surface area contributed by atoms with Gasteiger partial charge in [0, 0.05) is 11.5 Å². The lowest BCUT2D eigenvalue weighted by atomic mass is 9.66. The fourth-order valence-electron chi connectivity index (χ4n) is 8.28. The number of benzene rings is 3. The van der Waals surface area contributed by atoms with E-state index in [1.54, 1.807) is 0 Å². The Morgan fingerprint density at radius 1 is 0.698 bits per heavy atom. The molecule has 0 spiro atoms. The summed E-state index contributed by atoms with van der Waals surface area (Å²) in [6.07, 6.45) is 26.5. The van der Waals surface area contributed by atoms with E-state index in [2.05, 4.69) is 127 Å². The zero-order valence-electron chi connectivity index (χ0n) is 24.3. The van der Waals surface area contributed by atoms with E-state index in [-0.39, 0.29) is 12.0 Å². The highest BCUT2D eigenvalue weighted by atomic mass is 16.5. The Morgan fingerprint density at radius 3 is 2.47 bits per heavy atom. The van der Waals surface area contributed by atoms with Crippen molar-refractivity contribution in [1.29, 1.82) is 0 Å². The molecule has 1 heteroatoms. The monoisotopic (exact) mass is 554 g/mol. The number of para-hydroxylation sites is 1. The lowest BCUT2D eigenvalue weighted by Gasteiger charge is -2.37. The Bertz CT molecular complexity index is 2040. The van der Waals surface area contributed by atoms with E-state index >= 15 is 0 Å². The molecule has 1 nitrogen and oxygen atoms in total. The van der Waals surface area contributed by atoms with Gasteiger partial charge in [-0.1, -0.05) is 109 Å². The van der Waals surface area contributed by atoms with E-state index in [1.807, 2.05) is 0 Å². The number of allylic oxidation sites excluding steroid dienone is 12. The number of fused-ring (bicyclic) bond motifs is 6. The molecule has 3 unspecified atom stereocenters. The quantitative estimate of drug-likeness (QED) is 0.316. The summed E-state index contributed by atoms with van der Waals surface area (Å²) in [6, 6.07) is 27.2. The van der Waals surface area contributed by atoms with Gasteiger partial charge in [-0.2, -0.15) is 0 Å². The van der Waals surface area contributed by atoms with Gasteiger partial charge in [-0.25, -0.2) is 0 Å². The van der Waals surface area contributed by atoms with E-state index in [0.29, 0.717) is 5.92 Å². The van der Waals surface area contributed by atoms with Crippen molar-refractivity contribution in [3.8, 4) is 5.75 Å². The van der Waals surface area contributed by atoms with Crippen LogP contribution in [0.5, 0.6) is 5.75 Å². The Balaban J connectivity index is 1.35. The predicted molar refractivity (Wildman–Crippen MR) is 177 cm³/mol. The van der Waals surface area contributed by atoms with E-state index in [0.717, 1.165) is 37.9 Å². The smallest absolute Gasteiger partial charge is 0.129 e. The molecule has 1 heterocycles. The number of ether oxygens (including phenoxy) is 1. The normalized spacial score (nSPS) is 24.7. The summed E-state index contributed by atoms with van der Waals surface area (Å²) in [4.78, 5) is 0. The van der Waals surface area contributed by atoms with Gasteiger partial charge in [-0.15, -0.1) is 0 Å². The average Bonchev–Trinajstić information content (AvgIpc) is 3.45. The molecular weight excluding hydrogens is 520 g/mol. The molecule has 0 radical (unpaired) electrons. The first kappa shape index (κ1) is 24.9. The second kappa shape index (κ2) is 9.99. The third-order valence-electron chi connectivity index (χ3n) is 10.1. The van der Waals surface area contributed by atoms with Crippen LogP contribution in [-0.4, -0.2) is 6.10 Å². The van der Waals surface area contributed by atoms with Crippen LogP contribution in [0.25, 0.3) is 16.7 Å². The van der Waals surface area contributed by atoms with Gasteiger partial charge in [0.15, 0.2) is 0 Å². The molecule has 0 saturated carbocycles. The van der Waals surface area contributed by atoms with Crippen molar-refractivity contribution in [1.82, 2.24) is 0 Å². The first-order valence-corrected chi connectivity index (χ1v) is 15.9. The fraction of sp³-hybridized carbons (Fsp3) is 0.190. The molecule has 0 bridgehead atoms. The molecule has 0 N–H and O–H groups in total. The molecular formula is C42H34O. The second-order valence-corrected chi connectivity index (χ2v) is 12.4. The van der Waals surface area contributed by atoms with E-state index < -0.39 is 0 Å². The zero-order chi connectivity index (χ0) is 28.3. The summed E-state index contributed by atoms with van der Waals surface area (Å²) < 4.78 is 6.66. The third-order valence-corrected chi connectivity index (χ3v) is 10.1. The topological polar surface area (TPSA) is 9.23 Å². The Morgan fingerprint density at radius 2 is 1.53 bits per heavy atom. The zero-order valence-corrected chi connectivity index (χ0v) is 24.3. The van der Waals surface area contributed by atoms with Crippen LogP contribution in [0.4, 0.5) is 0 Å². The molecule has 0 saturated heterocycles. The number of rotatable bonds is 3. The minimum Gasteiger partial charge on any atom is -0.485 e. The van der Waals surface area contributed by atoms with Gasteiger partial charge in [-0.05, 0) is 111 Å². The molecule has 3 aromatic carbocycles. The summed E-state index contributed by atoms with van der Waals surface area (Å²) in [6.45, 7) is 0. The van der Waals surface area contributed by atoms with Crippen LogP contribution in [0.1, 0.15) is 54.7 Å². The molecule has 3 aromatic rings. The Labute approximate surface area is 253 Å². The Hall–Kier alpha value is -4.62. The van der Waals surface area contributed by atoms with Gasteiger partial charge in [0.05, 0.1) is 5.92 Å². The van der Waals surface area contributed by atoms with Crippen LogP contribution in [0.3, 0.4) is 0 Å². The minimum absolute atomic E-state index is 0.0191. The highest BCUT2D eigenvalue weighted by molar-refractivity contribution is 5.92. The lowest BCUT2D eigenvalue weighted by molar-refractivity contribution is 0.264. The molecule has 0 fully saturated rings. The molecule has 5 aliphatic carbocycles. The lowest BCUT2D eigenvalue weighted by Crippen LogP contribution is -2.39. The van der Waals surface area contributed by atoms with Gasteiger partial charge >= 0.3 is 0 Å². The summed E-state index contributed by atoms with van der Waals surface area (Å²) >= 11 is 0. The van der Waals surface area contributed by atoms with E-state index in [1.165, 1.54) is 66.1 Å². The predicted octanol–water partition coefficient (Wildman–Crippen LogP) is 8.42. The third kappa shape index (κ3) is 3.91. The summed E-state index contributed by atoms with van der Waals surface area (Å²) in [7, 11) is 0. The van der Waals surface area contributed by atoms with Gasteiger partial charge in [-0.3, -0.25) is 0 Å². The maximum absolute atomic E-state index is 6.66. The summed E-state index contributed by atoms with van der Waals surface area (Å²) in [5.41, 5.74) is 14.0. The molecule has 0 amide bonds. The largest absolute Gasteiger partial charge is 0.485 e. The molecule has 6 aliphatic rings. The van der Waals surface area contributed by atoms with Gasteiger partial charge in [0.2, 0.25) is 0 Å². The highest BCUT2D eigenvalue weighted by Crippen LogP contribution is 2.54. The van der Waals surface area contributed by atoms with E-state index in [9.17, 15) is 0 Å². The molecule has 43 heavy (non-hydrogen) atoms. The van der Waals surface area contributed by atoms with Crippen LogP contribution < -0.4 is 15.2 Å². The first-order chi connectivity index (χ1) is 21.3.